The Labute approximate surface area is 318 Å². The van der Waals surface area contributed by atoms with Crippen molar-refractivity contribution in [1.82, 2.24) is 4.90 Å². The van der Waals surface area contributed by atoms with Crippen LogP contribution in [-0.2, 0) is 52.5 Å². The van der Waals surface area contributed by atoms with E-state index in [1.807, 2.05) is 0 Å². The van der Waals surface area contributed by atoms with Crippen molar-refractivity contribution in [1.29, 1.82) is 0 Å². The van der Waals surface area contributed by atoms with Gasteiger partial charge < -0.3 is 28.6 Å². The fourth-order valence-corrected chi connectivity index (χ4v) is 12.6. The van der Waals surface area contributed by atoms with Crippen LogP contribution in [0.2, 0.25) is 0 Å². The number of rotatable bonds is 8. The van der Waals surface area contributed by atoms with Crippen molar-refractivity contribution in [2.75, 3.05) is 46.5 Å². The number of ether oxygens (including phenoxy) is 5. The van der Waals surface area contributed by atoms with Gasteiger partial charge in [-0.3, -0.25) is 19.3 Å². The smallest absolute Gasteiger partial charge is 0.345 e. The van der Waals surface area contributed by atoms with Crippen molar-refractivity contribution in [2.24, 2.45) is 11.8 Å². The first-order chi connectivity index (χ1) is 25.2. The van der Waals surface area contributed by atoms with Crippen LogP contribution in [0.25, 0.3) is 5.57 Å². The van der Waals surface area contributed by atoms with Crippen LogP contribution in [0.4, 0.5) is 5.69 Å². The molecule has 0 N–H and O–H groups in total. The summed E-state index contributed by atoms with van der Waals surface area (Å²) in [6.07, 6.45) is 2.83. The quantitative estimate of drug-likeness (QED) is 0.209. The maximum atomic E-state index is 14.7. The average molecular weight is 787 g/mol. The summed E-state index contributed by atoms with van der Waals surface area (Å²) in [4.78, 5) is 98.3. The van der Waals surface area contributed by atoms with E-state index in [0.717, 1.165) is 81.5 Å². The molecule has 1 aromatic rings. The molecule has 2 fully saturated rings. The molecule has 17 heteroatoms. The molecule has 6 rings (SSSR count). The molecule has 3 amide bonds. The van der Waals surface area contributed by atoms with Crippen molar-refractivity contribution < 1.29 is 57.2 Å². The fraction of sp³-hybridized carbons (Fsp3) is 0.472. The molecular formula is C36H38N2O12S3. The Bertz CT molecular complexity index is 1900. The SMILES string of the molecule is CCOc1ccc2c(c1)C1=C(SC(C(=O)OC)=C(C(=O)OC)C13SC(C(=O)OC)=C(C(=O)OC)S3)C(C)(C)N2C(=O)CN1C(=O)C2CCCCC2C1=O. The van der Waals surface area contributed by atoms with E-state index in [-0.39, 0.29) is 38.7 Å². The maximum Gasteiger partial charge on any atom is 0.345 e. The number of anilines is 1. The van der Waals surface area contributed by atoms with Gasteiger partial charge in [0.25, 0.3) is 0 Å². The zero-order chi connectivity index (χ0) is 38.6. The van der Waals surface area contributed by atoms with Gasteiger partial charge >= 0.3 is 23.9 Å². The summed E-state index contributed by atoms with van der Waals surface area (Å²) in [5.74, 6) is -5.45. The first-order valence-electron chi connectivity index (χ1n) is 16.8. The van der Waals surface area contributed by atoms with E-state index in [2.05, 4.69) is 0 Å². The number of esters is 4. The highest BCUT2D eigenvalue weighted by molar-refractivity contribution is 8.26. The lowest BCUT2D eigenvalue weighted by Crippen LogP contribution is -2.56. The van der Waals surface area contributed by atoms with Crippen LogP contribution in [0.3, 0.4) is 0 Å². The minimum absolute atomic E-state index is 0.180. The molecule has 5 aliphatic rings. The number of nitrogens with zero attached hydrogens (tertiary/aromatic N) is 2. The molecule has 1 saturated heterocycles. The molecule has 1 spiro atoms. The summed E-state index contributed by atoms with van der Waals surface area (Å²) in [6.45, 7) is 5.01. The number of imide groups is 1. The van der Waals surface area contributed by atoms with E-state index in [1.165, 1.54) is 4.90 Å². The molecule has 1 aromatic carbocycles. The molecule has 0 aromatic heterocycles. The lowest BCUT2D eigenvalue weighted by molar-refractivity contribution is -0.143. The predicted octanol–water partition coefficient (Wildman–Crippen LogP) is 4.18. The Balaban J connectivity index is 1.60. The van der Waals surface area contributed by atoms with Crippen LogP contribution < -0.4 is 9.64 Å². The van der Waals surface area contributed by atoms with Crippen LogP contribution in [0, 0.1) is 11.8 Å². The van der Waals surface area contributed by atoms with Gasteiger partial charge in [-0.05, 0) is 51.8 Å². The molecule has 1 saturated carbocycles. The van der Waals surface area contributed by atoms with Crippen LogP contribution in [-0.4, -0.2) is 97.7 Å². The van der Waals surface area contributed by atoms with Gasteiger partial charge in [0.05, 0.1) is 63.7 Å². The van der Waals surface area contributed by atoms with Crippen LogP contribution in [0.1, 0.15) is 52.0 Å². The highest BCUT2D eigenvalue weighted by Crippen LogP contribution is 2.71. The summed E-state index contributed by atoms with van der Waals surface area (Å²) in [6, 6.07) is 4.99. The Morgan fingerprint density at radius 2 is 1.32 bits per heavy atom. The second-order valence-corrected chi connectivity index (χ2v) is 16.8. The number of benzene rings is 1. The van der Waals surface area contributed by atoms with Crippen molar-refractivity contribution in [3.8, 4) is 5.75 Å². The maximum absolute atomic E-state index is 14.7. The van der Waals surface area contributed by atoms with Gasteiger partial charge in [-0.15, -0.1) is 0 Å². The number of likely N-dealkylation sites (tertiary alicyclic amines) is 1. The van der Waals surface area contributed by atoms with E-state index in [0.29, 0.717) is 40.3 Å². The van der Waals surface area contributed by atoms with Crippen molar-refractivity contribution in [3.05, 3.63) is 49.0 Å². The third-order valence-electron chi connectivity index (χ3n) is 9.90. The van der Waals surface area contributed by atoms with Gasteiger partial charge in [0.2, 0.25) is 17.7 Å². The van der Waals surface area contributed by atoms with Crippen molar-refractivity contribution in [2.45, 2.75) is 56.1 Å². The van der Waals surface area contributed by atoms with Crippen LogP contribution >= 0.6 is 35.3 Å². The third kappa shape index (κ3) is 6.04. The molecular weight excluding hydrogens is 749 g/mol. The van der Waals surface area contributed by atoms with Gasteiger partial charge in [0, 0.05) is 16.0 Å². The highest BCUT2D eigenvalue weighted by atomic mass is 32.2. The van der Waals surface area contributed by atoms with Gasteiger partial charge in [0.1, 0.15) is 31.1 Å². The summed E-state index contributed by atoms with van der Waals surface area (Å²) in [5.41, 5.74) is -0.498. The highest BCUT2D eigenvalue weighted by Gasteiger charge is 2.62. The zero-order valence-electron chi connectivity index (χ0n) is 30.1. The van der Waals surface area contributed by atoms with E-state index >= 15 is 0 Å². The Kier molecular flexibility index (Phi) is 10.6. The summed E-state index contributed by atoms with van der Waals surface area (Å²) in [5, 5.41) is 0. The number of methoxy groups -OCH3 is 4. The van der Waals surface area contributed by atoms with E-state index < -0.39 is 57.8 Å². The Morgan fingerprint density at radius 3 is 1.83 bits per heavy atom. The zero-order valence-corrected chi connectivity index (χ0v) is 32.6. The Morgan fingerprint density at radius 1 is 0.792 bits per heavy atom. The Hall–Kier alpha value is -4.22. The third-order valence-corrected chi connectivity index (χ3v) is 14.5. The molecule has 4 heterocycles. The van der Waals surface area contributed by atoms with Gasteiger partial charge in [-0.1, -0.05) is 48.1 Å². The van der Waals surface area contributed by atoms with E-state index in [1.54, 1.807) is 39.0 Å². The number of carbonyl (C=O) groups is 7. The summed E-state index contributed by atoms with van der Waals surface area (Å²) >= 11 is 2.50. The molecule has 2 atom stereocenters. The molecule has 1 aliphatic carbocycles. The molecule has 2 unspecified atom stereocenters. The van der Waals surface area contributed by atoms with Crippen LogP contribution in [0.5, 0.6) is 5.75 Å². The van der Waals surface area contributed by atoms with Crippen molar-refractivity contribution >= 4 is 88.1 Å². The molecule has 4 aliphatic heterocycles. The van der Waals surface area contributed by atoms with Gasteiger partial charge in [-0.2, -0.15) is 0 Å². The number of thioether (sulfide) groups is 3. The summed E-state index contributed by atoms with van der Waals surface area (Å²) in [7, 11) is 4.55. The minimum Gasteiger partial charge on any atom is -0.494 e. The minimum atomic E-state index is -1.78. The van der Waals surface area contributed by atoms with Gasteiger partial charge in [-0.25, -0.2) is 19.2 Å². The first kappa shape index (κ1) is 38.5. The molecule has 14 nitrogen and oxygen atoms in total. The van der Waals surface area contributed by atoms with Crippen molar-refractivity contribution in [3.63, 3.8) is 0 Å². The predicted molar refractivity (Wildman–Crippen MR) is 196 cm³/mol. The molecule has 0 radical (unpaired) electrons. The largest absolute Gasteiger partial charge is 0.494 e. The lowest BCUT2D eigenvalue weighted by Gasteiger charge is -2.51. The normalized spacial score (nSPS) is 22.7. The lowest BCUT2D eigenvalue weighted by atomic mass is 9.81. The standard InChI is InChI=1S/C36H38N2O12S3/c1-8-50-17-13-14-21-20(15-17)23-28(35(2,3)38(21)22(39)16-37-29(40)18-11-9-10-12-19(18)30(37)41)51-25(32(43)47-5)24(31(42)46-4)36(23)52-26(33(44)48-6)27(53-36)34(45)49-7/h13-15,18-19H,8-12,16H2,1-7H3. The second-order valence-electron chi connectivity index (χ2n) is 13.1. The number of carbonyl (C=O) groups excluding carboxylic acids is 7. The van der Waals surface area contributed by atoms with Gasteiger partial charge in [0.15, 0.2) is 0 Å². The fourth-order valence-electron chi connectivity index (χ4n) is 7.59. The number of hydrogen-bond acceptors (Lipinski definition) is 15. The average Bonchev–Trinajstić information content (AvgIpc) is 3.65. The first-order valence-corrected chi connectivity index (χ1v) is 19.3. The van der Waals surface area contributed by atoms with E-state index in [9.17, 15) is 33.6 Å². The summed E-state index contributed by atoms with van der Waals surface area (Å²) < 4.78 is 24.6. The topological polar surface area (TPSA) is 172 Å². The molecule has 53 heavy (non-hydrogen) atoms. The second kappa shape index (κ2) is 14.5. The molecule has 282 valence electrons. The van der Waals surface area contributed by atoms with Crippen LogP contribution in [0.15, 0.2) is 43.4 Å². The number of hydrogen-bond donors (Lipinski definition) is 0. The monoisotopic (exact) mass is 786 g/mol. The van der Waals surface area contributed by atoms with E-state index in [4.69, 9.17) is 23.7 Å². The molecule has 0 bridgehead atoms. The number of amides is 3. The number of fused-ring (bicyclic) bond motifs is 4.